The van der Waals surface area contributed by atoms with Gasteiger partial charge in [0.05, 0.1) is 0 Å². The van der Waals surface area contributed by atoms with Crippen LogP contribution in [0, 0.1) is 0 Å². The Morgan fingerprint density at radius 1 is 0.240 bits per heavy atom. The van der Waals surface area contributed by atoms with Crippen molar-refractivity contribution >= 4 is 21.5 Å². The van der Waals surface area contributed by atoms with Crippen molar-refractivity contribution in [3.8, 4) is 67.5 Å². The minimum absolute atomic E-state index is 0.633. The molecule has 3 nitrogen and oxygen atoms in total. The van der Waals surface area contributed by atoms with E-state index in [2.05, 4.69) is 170 Å². The second-order valence-corrected chi connectivity index (χ2v) is 12.4. The van der Waals surface area contributed by atoms with Gasteiger partial charge in [-0.15, -0.1) is 0 Å². The summed E-state index contributed by atoms with van der Waals surface area (Å²) in [6, 6.07) is 65.8. The molecule has 0 radical (unpaired) electrons. The molecular formula is C47H31N3. The maximum atomic E-state index is 5.19. The minimum Gasteiger partial charge on any atom is -0.208 e. The first-order chi connectivity index (χ1) is 24.8. The zero-order valence-corrected chi connectivity index (χ0v) is 27.2. The van der Waals surface area contributed by atoms with Gasteiger partial charge in [-0.3, -0.25) is 0 Å². The van der Waals surface area contributed by atoms with E-state index in [9.17, 15) is 0 Å². The van der Waals surface area contributed by atoms with Gasteiger partial charge in [-0.2, -0.15) is 0 Å². The van der Waals surface area contributed by atoms with Gasteiger partial charge in [0.2, 0.25) is 0 Å². The van der Waals surface area contributed by atoms with E-state index in [1.54, 1.807) is 0 Å². The third kappa shape index (κ3) is 5.41. The number of rotatable bonds is 6. The summed E-state index contributed by atoms with van der Waals surface area (Å²) in [6.07, 6.45) is 0. The van der Waals surface area contributed by atoms with Gasteiger partial charge in [0, 0.05) is 16.7 Å². The van der Waals surface area contributed by atoms with Crippen LogP contribution in [-0.4, -0.2) is 15.0 Å². The van der Waals surface area contributed by atoms with Crippen LogP contribution in [0.25, 0.3) is 89.1 Å². The third-order valence-corrected chi connectivity index (χ3v) is 9.36. The van der Waals surface area contributed by atoms with Crippen molar-refractivity contribution in [2.45, 2.75) is 0 Å². The Balaban J connectivity index is 1.21. The van der Waals surface area contributed by atoms with E-state index in [0.29, 0.717) is 17.5 Å². The molecule has 0 aliphatic rings. The molecule has 1 aromatic heterocycles. The summed E-state index contributed by atoms with van der Waals surface area (Å²) < 4.78 is 0. The van der Waals surface area contributed by atoms with E-state index < -0.39 is 0 Å². The lowest BCUT2D eigenvalue weighted by molar-refractivity contribution is 1.07. The lowest BCUT2D eigenvalue weighted by Crippen LogP contribution is -2.01. The van der Waals surface area contributed by atoms with E-state index in [0.717, 1.165) is 33.4 Å². The molecule has 0 bridgehead atoms. The minimum atomic E-state index is 0.633. The van der Waals surface area contributed by atoms with Crippen LogP contribution in [-0.2, 0) is 0 Å². The second kappa shape index (κ2) is 12.7. The van der Waals surface area contributed by atoms with Gasteiger partial charge >= 0.3 is 0 Å². The fraction of sp³-hybridized carbons (Fsp3) is 0. The topological polar surface area (TPSA) is 38.7 Å². The van der Waals surface area contributed by atoms with Crippen molar-refractivity contribution in [2.24, 2.45) is 0 Å². The van der Waals surface area contributed by atoms with Crippen LogP contribution >= 0.6 is 0 Å². The molecule has 1 heterocycles. The quantitative estimate of drug-likeness (QED) is 0.182. The molecule has 0 amide bonds. The van der Waals surface area contributed by atoms with Crippen molar-refractivity contribution in [2.75, 3.05) is 0 Å². The van der Waals surface area contributed by atoms with Crippen LogP contribution in [0.3, 0.4) is 0 Å². The Morgan fingerprint density at radius 3 is 1.44 bits per heavy atom. The number of nitrogens with zero attached hydrogens (tertiary/aromatic N) is 3. The summed E-state index contributed by atoms with van der Waals surface area (Å²) in [5.41, 5.74) is 9.77. The Hall–Kier alpha value is -6.71. The summed E-state index contributed by atoms with van der Waals surface area (Å²) in [6.45, 7) is 0. The first kappa shape index (κ1) is 29.4. The Labute approximate surface area is 291 Å². The van der Waals surface area contributed by atoms with Crippen molar-refractivity contribution in [3.05, 3.63) is 188 Å². The maximum absolute atomic E-state index is 5.19. The normalized spacial score (nSPS) is 11.2. The van der Waals surface area contributed by atoms with Gasteiger partial charge in [0.1, 0.15) is 0 Å². The lowest BCUT2D eigenvalue weighted by Gasteiger charge is -2.14. The summed E-state index contributed by atoms with van der Waals surface area (Å²) in [5, 5.41) is 4.82. The first-order valence-corrected chi connectivity index (χ1v) is 16.9. The smallest absolute Gasteiger partial charge is 0.164 e. The molecule has 0 fully saturated rings. The molecule has 0 aliphatic carbocycles. The van der Waals surface area contributed by atoms with Crippen LogP contribution in [0.15, 0.2) is 188 Å². The van der Waals surface area contributed by atoms with Crippen LogP contribution in [0.5, 0.6) is 0 Å². The van der Waals surface area contributed by atoms with E-state index in [4.69, 9.17) is 15.0 Å². The first-order valence-electron chi connectivity index (χ1n) is 16.9. The highest BCUT2D eigenvalue weighted by molar-refractivity contribution is 6.05. The standard InChI is InChI=1S/C47H31N3/c1-3-15-32(16-4-1)38-29-30-39(41-25-10-9-24-40(38)41)35-21-13-22-36(31-35)46-48-45(34-18-5-2-6-19-34)49-47(50-46)44-27-12-11-26-43(44)42-28-14-20-33-17-7-8-23-37(33)42/h1-31H. The molecule has 0 spiro atoms. The monoisotopic (exact) mass is 637 g/mol. The molecule has 0 aliphatic heterocycles. The third-order valence-electron chi connectivity index (χ3n) is 9.36. The second-order valence-electron chi connectivity index (χ2n) is 12.4. The molecule has 0 atom stereocenters. The Bertz CT molecular complexity index is 2640. The lowest BCUT2D eigenvalue weighted by atomic mass is 9.91. The van der Waals surface area contributed by atoms with Gasteiger partial charge in [-0.05, 0) is 61.0 Å². The molecule has 8 aromatic carbocycles. The molecule has 0 N–H and O–H groups in total. The predicted octanol–water partition coefficient (Wildman–Crippen LogP) is 12.2. The van der Waals surface area contributed by atoms with Crippen LogP contribution in [0.4, 0.5) is 0 Å². The molecule has 0 saturated carbocycles. The van der Waals surface area contributed by atoms with Crippen LogP contribution in [0.2, 0.25) is 0 Å². The highest BCUT2D eigenvalue weighted by atomic mass is 15.0. The molecule has 3 heteroatoms. The zero-order chi connectivity index (χ0) is 33.3. The number of benzene rings is 8. The largest absolute Gasteiger partial charge is 0.208 e. The van der Waals surface area contributed by atoms with Crippen molar-refractivity contribution in [1.82, 2.24) is 15.0 Å². The molecule has 0 saturated heterocycles. The van der Waals surface area contributed by atoms with Gasteiger partial charge < -0.3 is 0 Å². The molecule has 9 rings (SSSR count). The van der Waals surface area contributed by atoms with E-state index in [-0.39, 0.29) is 0 Å². The highest BCUT2D eigenvalue weighted by Crippen LogP contribution is 2.38. The molecule has 9 aromatic rings. The maximum Gasteiger partial charge on any atom is 0.164 e. The van der Waals surface area contributed by atoms with Crippen molar-refractivity contribution < 1.29 is 0 Å². The summed E-state index contributed by atoms with van der Waals surface area (Å²) in [7, 11) is 0. The van der Waals surface area contributed by atoms with Gasteiger partial charge in [-0.25, -0.2) is 15.0 Å². The average molecular weight is 638 g/mol. The fourth-order valence-electron chi connectivity index (χ4n) is 6.96. The molecule has 234 valence electrons. The molecule has 50 heavy (non-hydrogen) atoms. The Morgan fingerprint density at radius 2 is 0.700 bits per heavy atom. The molecule has 0 unspecified atom stereocenters. The van der Waals surface area contributed by atoms with Gasteiger partial charge in [-0.1, -0.05) is 182 Å². The summed E-state index contributed by atoms with van der Waals surface area (Å²) >= 11 is 0. The average Bonchev–Trinajstić information content (AvgIpc) is 3.21. The summed E-state index contributed by atoms with van der Waals surface area (Å²) in [5.74, 6) is 1.91. The SMILES string of the molecule is c1ccc(-c2nc(-c3cccc(-c4ccc(-c5ccccc5)c5ccccc45)c3)nc(-c3ccccc3-c3cccc4ccccc34)n2)cc1. The van der Waals surface area contributed by atoms with E-state index in [1.165, 1.54) is 38.2 Å². The van der Waals surface area contributed by atoms with E-state index in [1.807, 2.05) is 18.2 Å². The fourth-order valence-corrected chi connectivity index (χ4v) is 6.96. The van der Waals surface area contributed by atoms with Crippen LogP contribution < -0.4 is 0 Å². The van der Waals surface area contributed by atoms with E-state index >= 15 is 0 Å². The van der Waals surface area contributed by atoms with Crippen LogP contribution in [0.1, 0.15) is 0 Å². The number of aromatic nitrogens is 3. The van der Waals surface area contributed by atoms with Gasteiger partial charge in [0.25, 0.3) is 0 Å². The zero-order valence-electron chi connectivity index (χ0n) is 27.2. The Kier molecular flexibility index (Phi) is 7.49. The van der Waals surface area contributed by atoms with Crippen molar-refractivity contribution in [1.29, 1.82) is 0 Å². The molecular weight excluding hydrogens is 607 g/mol. The van der Waals surface area contributed by atoms with Gasteiger partial charge in [0.15, 0.2) is 17.5 Å². The van der Waals surface area contributed by atoms with Crippen molar-refractivity contribution in [3.63, 3.8) is 0 Å². The predicted molar refractivity (Wildman–Crippen MR) is 207 cm³/mol. The summed E-state index contributed by atoms with van der Waals surface area (Å²) in [4.78, 5) is 15.4. The number of fused-ring (bicyclic) bond motifs is 2. The highest BCUT2D eigenvalue weighted by Gasteiger charge is 2.17. The number of hydrogen-bond acceptors (Lipinski definition) is 3. The number of hydrogen-bond donors (Lipinski definition) is 0.